The summed E-state index contributed by atoms with van der Waals surface area (Å²) in [5.41, 5.74) is 0.570. The smallest absolute Gasteiger partial charge is 0.493 e. The van der Waals surface area contributed by atoms with Crippen molar-refractivity contribution in [3.63, 3.8) is 0 Å². The number of likely N-dealkylation sites (N-methyl/N-ethyl adjacent to an activating group) is 1. The first-order valence-electron chi connectivity index (χ1n) is 8.02. The summed E-state index contributed by atoms with van der Waals surface area (Å²) in [5.74, 6) is -0.278. The summed E-state index contributed by atoms with van der Waals surface area (Å²) in [5, 5.41) is 8.88. The Morgan fingerprint density at radius 1 is 1.14 bits per heavy atom. The Morgan fingerprint density at radius 2 is 1.86 bits per heavy atom. The van der Waals surface area contributed by atoms with Crippen molar-refractivity contribution in [3.05, 3.63) is 53.6 Å². The predicted molar refractivity (Wildman–Crippen MR) is 92.8 cm³/mol. The summed E-state index contributed by atoms with van der Waals surface area (Å²) in [4.78, 5) is 13.5. The fourth-order valence-electron chi connectivity index (χ4n) is 2.31. The number of rotatable bonds is 7. The Bertz CT molecular complexity index is 878. The number of nitriles is 1. The van der Waals surface area contributed by atoms with Gasteiger partial charge >= 0.3 is 6.36 Å². The lowest BCUT2D eigenvalue weighted by Gasteiger charge is -2.20. The molecule has 0 fully saturated rings. The van der Waals surface area contributed by atoms with E-state index in [-0.39, 0.29) is 30.2 Å². The van der Waals surface area contributed by atoms with Gasteiger partial charge in [0, 0.05) is 25.2 Å². The average Bonchev–Trinajstić information content (AvgIpc) is 2.66. The van der Waals surface area contributed by atoms with Gasteiger partial charge in [0.25, 0.3) is 5.91 Å². The van der Waals surface area contributed by atoms with E-state index in [0.717, 1.165) is 0 Å². The first kappa shape index (κ1) is 20.9. The molecule has 0 aliphatic rings. The molecule has 0 atom stereocenters. The maximum absolute atomic E-state index is 12.5. The van der Waals surface area contributed by atoms with Gasteiger partial charge in [0.15, 0.2) is 18.1 Å². The Kier molecular flexibility index (Phi) is 6.71. The van der Waals surface area contributed by atoms with Crippen molar-refractivity contribution in [2.45, 2.75) is 12.9 Å². The number of amides is 1. The molecule has 2 aromatic carbocycles. The molecule has 1 amide bonds. The number of carbonyl (C=O) groups excluding carboxylic acids is 1. The topological polar surface area (TPSA) is 71.8 Å². The summed E-state index contributed by atoms with van der Waals surface area (Å²) in [6, 6.07) is 12.0. The van der Waals surface area contributed by atoms with E-state index in [1.54, 1.807) is 6.07 Å². The summed E-state index contributed by atoms with van der Waals surface area (Å²) < 4.78 is 52.0. The van der Waals surface area contributed by atoms with Crippen LogP contribution in [-0.2, 0) is 11.3 Å². The predicted octanol–water partition coefficient (Wildman–Crippen LogP) is 3.50. The second-order valence-electron chi connectivity index (χ2n) is 5.67. The fraction of sp³-hybridized carbons (Fsp3) is 0.263. The maximum atomic E-state index is 12.5. The van der Waals surface area contributed by atoms with E-state index in [9.17, 15) is 18.0 Å². The minimum absolute atomic E-state index is 0.0983. The van der Waals surface area contributed by atoms with Gasteiger partial charge in [0.1, 0.15) is 5.75 Å². The molecule has 0 heterocycles. The number of carbonyl (C=O) groups is 1. The lowest BCUT2D eigenvalue weighted by atomic mass is 10.2. The van der Waals surface area contributed by atoms with Crippen molar-refractivity contribution in [3.8, 4) is 23.3 Å². The summed E-state index contributed by atoms with van der Waals surface area (Å²) in [6.45, 7) is -0.458. The molecule has 0 radical (unpaired) electrons. The standard InChI is InChI=1S/C19H17F3N2O4/c1-24(11-14-5-3-4-6-15(14)28-19(20,21)22)18(25)12-27-16-8-7-13(10-23)9-17(16)26-2/h3-9H,11-12H2,1-2H3. The average molecular weight is 394 g/mol. The highest BCUT2D eigenvalue weighted by Crippen LogP contribution is 2.29. The first-order chi connectivity index (χ1) is 13.2. The molecule has 0 aliphatic carbocycles. The van der Waals surface area contributed by atoms with Gasteiger partial charge in [0.05, 0.1) is 18.7 Å². The fourth-order valence-corrected chi connectivity index (χ4v) is 2.31. The Hall–Kier alpha value is -3.41. The van der Waals surface area contributed by atoms with Gasteiger partial charge in [-0.3, -0.25) is 4.79 Å². The molecule has 6 nitrogen and oxygen atoms in total. The van der Waals surface area contributed by atoms with E-state index in [1.165, 1.54) is 55.5 Å². The van der Waals surface area contributed by atoms with Crippen molar-refractivity contribution >= 4 is 5.91 Å². The third-order valence-electron chi connectivity index (χ3n) is 3.68. The molecular formula is C19H17F3N2O4. The van der Waals surface area contributed by atoms with Crippen molar-refractivity contribution in [2.24, 2.45) is 0 Å². The number of alkyl halides is 3. The van der Waals surface area contributed by atoms with Gasteiger partial charge in [-0.2, -0.15) is 5.26 Å². The minimum Gasteiger partial charge on any atom is -0.493 e. The van der Waals surface area contributed by atoms with Crippen LogP contribution < -0.4 is 14.2 Å². The molecular weight excluding hydrogens is 377 g/mol. The number of hydrogen-bond donors (Lipinski definition) is 0. The third kappa shape index (κ3) is 5.81. The number of benzene rings is 2. The van der Waals surface area contributed by atoms with Crippen molar-refractivity contribution in [1.29, 1.82) is 5.26 Å². The number of nitrogens with zero attached hydrogens (tertiary/aromatic N) is 2. The van der Waals surface area contributed by atoms with E-state index in [0.29, 0.717) is 11.3 Å². The van der Waals surface area contributed by atoms with Crippen LogP contribution in [0, 0.1) is 11.3 Å². The lowest BCUT2D eigenvalue weighted by molar-refractivity contribution is -0.275. The van der Waals surface area contributed by atoms with Crippen LogP contribution in [0.25, 0.3) is 0 Å². The van der Waals surface area contributed by atoms with Crippen LogP contribution in [0.5, 0.6) is 17.2 Å². The zero-order valence-corrected chi connectivity index (χ0v) is 15.1. The SMILES string of the molecule is COc1cc(C#N)ccc1OCC(=O)N(C)Cc1ccccc1OC(F)(F)F. The van der Waals surface area contributed by atoms with Crippen molar-refractivity contribution in [2.75, 3.05) is 20.8 Å². The highest BCUT2D eigenvalue weighted by Gasteiger charge is 2.32. The van der Waals surface area contributed by atoms with E-state index in [4.69, 9.17) is 14.7 Å². The molecule has 0 aromatic heterocycles. The summed E-state index contributed by atoms with van der Waals surface area (Å²) in [7, 11) is 2.83. The molecule has 0 unspecified atom stereocenters. The largest absolute Gasteiger partial charge is 0.573 e. The molecule has 2 aromatic rings. The third-order valence-corrected chi connectivity index (χ3v) is 3.68. The molecule has 0 bridgehead atoms. The molecule has 0 spiro atoms. The molecule has 28 heavy (non-hydrogen) atoms. The quantitative estimate of drug-likeness (QED) is 0.719. The molecule has 9 heteroatoms. The molecule has 148 valence electrons. The number of para-hydroxylation sites is 1. The van der Waals surface area contributed by atoms with Gasteiger partial charge in [-0.1, -0.05) is 18.2 Å². The van der Waals surface area contributed by atoms with Crippen LogP contribution in [-0.4, -0.2) is 37.9 Å². The number of ether oxygens (including phenoxy) is 3. The highest BCUT2D eigenvalue weighted by atomic mass is 19.4. The van der Waals surface area contributed by atoms with Crippen LogP contribution in [0.3, 0.4) is 0 Å². The van der Waals surface area contributed by atoms with Gasteiger partial charge in [-0.05, 0) is 18.2 Å². The first-order valence-corrected chi connectivity index (χ1v) is 8.02. The number of halogens is 3. The Balaban J connectivity index is 2.02. The second-order valence-corrected chi connectivity index (χ2v) is 5.67. The molecule has 0 N–H and O–H groups in total. The molecule has 0 aliphatic heterocycles. The lowest BCUT2D eigenvalue weighted by Crippen LogP contribution is -2.31. The van der Waals surface area contributed by atoms with Crippen molar-refractivity contribution < 1.29 is 32.2 Å². The van der Waals surface area contributed by atoms with E-state index in [1.807, 2.05) is 6.07 Å². The molecule has 2 rings (SSSR count). The van der Waals surface area contributed by atoms with Crippen LogP contribution in [0.1, 0.15) is 11.1 Å². The van der Waals surface area contributed by atoms with Crippen LogP contribution in [0.15, 0.2) is 42.5 Å². The number of methoxy groups -OCH3 is 1. The summed E-state index contributed by atoms with van der Waals surface area (Å²) in [6.07, 6.45) is -4.83. The van der Waals surface area contributed by atoms with Gasteiger partial charge < -0.3 is 19.1 Å². The van der Waals surface area contributed by atoms with Crippen LogP contribution in [0.2, 0.25) is 0 Å². The van der Waals surface area contributed by atoms with Gasteiger partial charge in [0.2, 0.25) is 0 Å². The van der Waals surface area contributed by atoms with E-state index >= 15 is 0 Å². The minimum atomic E-state index is -4.83. The van der Waals surface area contributed by atoms with E-state index < -0.39 is 12.3 Å². The summed E-state index contributed by atoms with van der Waals surface area (Å²) >= 11 is 0. The zero-order valence-electron chi connectivity index (χ0n) is 15.1. The number of hydrogen-bond acceptors (Lipinski definition) is 5. The molecule has 0 saturated carbocycles. The van der Waals surface area contributed by atoms with Crippen LogP contribution >= 0.6 is 0 Å². The normalized spacial score (nSPS) is 10.7. The monoisotopic (exact) mass is 394 g/mol. The van der Waals surface area contributed by atoms with Gasteiger partial charge in [-0.25, -0.2) is 0 Å². The second kappa shape index (κ2) is 8.99. The van der Waals surface area contributed by atoms with E-state index in [2.05, 4.69) is 4.74 Å². The maximum Gasteiger partial charge on any atom is 0.573 e. The highest BCUT2D eigenvalue weighted by molar-refractivity contribution is 5.77. The Labute approximate surface area is 159 Å². The van der Waals surface area contributed by atoms with Gasteiger partial charge in [-0.15, -0.1) is 13.2 Å². The van der Waals surface area contributed by atoms with Crippen molar-refractivity contribution in [1.82, 2.24) is 4.90 Å². The zero-order chi connectivity index (χ0) is 20.7. The van der Waals surface area contributed by atoms with Crippen LogP contribution in [0.4, 0.5) is 13.2 Å². The molecule has 0 saturated heterocycles. The Morgan fingerprint density at radius 3 is 2.50 bits per heavy atom.